The summed E-state index contributed by atoms with van der Waals surface area (Å²) in [5.41, 5.74) is -0.367. The van der Waals surface area contributed by atoms with Crippen molar-refractivity contribution >= 4 is 0 Å². The minimum Gasteiger partial charge on any atom is -0.381 e. The van der Waals surface area contributed by atoms with E-state index >= 15 is 0 Å². The van der Waals surface area contributed by atoms with Crippen LogP contribution in [0.3, 0.4) is 0 Å². The zero-order valence-electron chi connectivity index (χ0n) is 8.28. The van der Waals surface area contributed by atoms with Gasteiger partial charge in [0.05, 0.1) is 19.3 Å². The molecule has 0 radical (unpaired) electrons. The SMILES string of the molecule is COCC12COC(C(C)O1)[C@H]2OC. The normalized spacial score (nSPS) is 48.7. The Balaban J connectivity index is 2.17. The summed E-state index contributed by atoms with van der Waals surface area (Å²) in [6.07, 6.45) is 0.191. The van der Waals surface area contributed by atoms with Crippen LogP contribution in [0.15, 0.2) is 0 Å². The van der Waals surface area contributed by atoms with Crippen molar-refractivity contribution in [1.82, 2.24) is 0 Å². The highest BCUT2D eigenvalue weighted by molar-refractivity contribution is 5.07. The molecule has 2 aliphatic heterocycles. The van der Waals surface area contributed by atoms with Gasteiger partial charge in [-0.3, -0.25) is 0 Å². The quantitative estimate of drug-likeness (QED) is 0.634. The van der Waals surface area contributed by atoms with E-state index < -0.39 is 0 Å². The van der Waals surface area contributed by atoms with Gasteiger partial charge in [0.15, 0.2) is 0 Å². The van der Waals surface area contributed by atoms with E-state index in [9.17, 15) is 0 Å². The molecule has 2 bridgehead atoms. The van der Waals surface area contributed by atoms with E-state index in [4.69, 9.17) is 18.9 Å². The third-order valence-electron chi connectivity index (χ3n) is 2.86. The monoisotopic (exact) mass is 188 g/mol. The molecule has 0 saturated carbocycles. The third kappa shape index (κ3) is 1.21. The largest absolute Gasteiger partial charge is 0.381 e. The van der Waals surface area contributed by atoms with Crippen molar-refractivity contribution in [3.8, 4) is 0 Å². The smallest absolute Gasteiger partial charge is 0.144 e. The summed E-state index contributed by atoms with van der Waals surface area (Å²) in [5, 5.41) is 0. The van der Waals surface area contributed by atoms with Crippen LogP contribution >= 0.6 is 0 Å². The van der Waals surface area contributed by atoms with Gasteiger partial charge in [0.2, 0.25) is 0 Å². The molecule has 2 rings (SSSR count). The van der Waals surface area contributed by atoms with Crippen molar-refractivity contribution in [3.05, 3.63) is 0 Å². The Kier molecular flexibility index (Phi) is 2.32. The molecule has 2 heterocycles. The van der Waals surface area contributed by atoms with Crippen LogP contribution < -0.4 is 0 Å². The van der Waals surface area contributed by atoms with Crippen molar-refractivity contribution in [2.75, 3.05) is 27.4 Å². The Morgan fingerprint density at radius 2 is 2.23 bits per heavy atom. The van der Waals surface area contributed by atoms with Crippen molar-refractivity contribution < 1.29 is 18.9 Å². The maximum absolute atomic E-state index is 5.82. The average Bonchev–Trinajstić information content (AvgIpc) is 2.55. The highest BCUT2D eigenvalue weighted by Crippen LogP contribution is 2.41. The van der Waals surface area contributed by atoms with Crippen LogP contribution in [0, 0.1) is 0 Å². The summed E-state index contributed by atoms with van der Waals surface area (Å²) >= 11 is 0. The van der Waals surface area contributed by atoms with E-state index in [2.05, 4.69) is 0 Å². The first kappa shape index (κ1) is 9.40. The van der Waals surface area contributed by atoms with Gasteiger partial charge in [0, 0.05) is 14.2 Å². The van der Waals surface area contributed by atoms with Crippen molar-refractivity contribution in [3.63, 3.8) is 0 Å². The molecule has 0 aliphatic carbocycles. The molecule has 13 heavy (non-hydrogen) atoms. The molecule has 2 fully saturated rings. The first-order valence-electron chi connectivity index (χ1n) is 4.54. The van der Waals surface area contributed by atoms with Crippen LogP contribution in [0.1, 0.15) is 6.92 Å². The number of fused-ring (bicyclic) bond motifs is 2. The Labute approximate surface area is 78.1 Å². The van der Waals surface area contributed by atoms with Gasteiger partial charge in [-0.05, 0) is 6.92 Å². The van der Waals surface area contributed by atoms with Gasteiger partial charge < -0.3 is 18.9 Å². The average molecular weight is 188 g/mol. The fraction of sp³-hybridized carbons (Fsp3) is 1.00. The number of hydrogen-bond donors (Lipinski definition) is 0. The summed E-state index contributed by atoms with van der Waals surface area (Å²) in [7, 11) is 3.36. The second-order valence-corrected chi connectivity index (χ2v) is 3.75. The maximum atomic E-state index is 5.82. The maximum Gasteiger partial charge on any atom is 0.144 e. The molecule has 4 atom stereocenters. The van der Waals surface area contributed by atoms with Crippen molar-refractivity contribution in [1.29, 1.82) is 0 Å². The van der Waals surface area contributed by atoms with E-state index in [-0.39, 0.29) is 23.9 Å². The number of ether oxygens (including phenoxy) is 4. The molecule has 4 heteroatoms. The van der Waals surface area contributed by atoms with Gasteiger partial charge in [-0.2, -0.15) is 0 Å². The van der Waals surface area contributed by atoms with E-state index in [1.54, 1.807) is 14.2 Å². The van der Waals surface area contributed by atoms with Gasteiger partial charge in [0.1, 0.15) is 17.8 Å². The molecule has 2 aliphatic rings. The number of rotatable bonds is 3. The Hall–Kier alpha value is -0.160. The molecular formula is C9H16O4. The molecule has 0 amide bonds. The molecule has 0 spiro atoms. The molecule has 3 unspecified atom stereocenters. The summed E-state index contributed by atoms with van der Waals surface area (Å²) in [4.78, 5) is 0. The summed E-state index contributed by atoms with van der Waals surface area (Å²) in [6.45, 7) is 3.12. The Morgan fingerprint density at radius 1 is 1.46 bits per heavy atom. The lowest BCUT2D eigenvalue weighted by Crippen LogP contribution is -2.45. The van der Waals surface area contributed by atoms with Gasteiger partial charge in [-0.1, -0.05) is 0 Å². The fourth-order valence-corrected chi connectivity index (χ4v) is 2.38. The van der Waals surface area contributed by atoms with Gasteiger partial charge in [-0.15, -0.1) is 0 Å². The second-order valence-electron chi connectivity index (χ2n) is 3.75. The number of hydrogen-bond acceptors (Lipinski definition) is 4. The van der Waals surface area contributed by atoms with Crippen molar-refractivity contribution in [2.24, 2.45) is 0 Å². The first-order chi connectivity index (χ1) is 6.23. The topological polar surface area (TPSA) is 36.9 Å². The first-order valence-corrected chi connectivity index (χ1v) is 4.54. The van der Waals surface area contributed by atoms with E-state index in [1.165, 1.54) is 0 Å². The van der Waals surface area contributed by atoms with Gasteiger partial charge >= 0.3 is 0 Å². The minimum absolute atomic E-state index is 0.0162. The Morgan fingerprint density at radius 3 is 2.77 bits per heavy atom. The van der Waals surface area contributed by atoms with Crippen LogP contribution in [0.2, 0.25) is 0 Å². The molecule has 0 aromatic carbocycles. The molecule has 0 N–H and O–H groups in total. The van der Waals surface area contributed by atoms with Crippen molar-refractivity contribution in [2.45, 2.75) is 30.8 Å². The summed E-state index contributed by atoms with van der Waals surface area (Å²) in [6, 6.07) is 0. The lowest BCUT2D eigenvalue weighted by Gasteiger charge is -2.29. The lowest BCUT2D eigenvalue weighted by molar-refractivity contribution is -0.161. The van der Waals surface area contributed by atoms with Crippen LogP contribution in [0.25, 0.3) is 0 Å². The molecule has 2 saturated heterocycles. The fourth-order valence-electron chi connectivity index (χ4n) is 2.38. The zero-order chi connectivity index (χ0) is 9.47. The second kappa shape index (κ2) is 3.20. The van der Waals surface area contributed by atoms with E-state index in [0.29, 0.717) is 13.2 Å². The summed E-state index contributed by atoms with van der Waals surface area (Å²) < 4.78 is 21.9. The van der Waals surface area contributed by atoms with E-state index in [0.717, 1.165) is 0 Å². The standard InChI is InChI=1S/C9H16O4/c1-6-7-8(11-3)9(13-6,4-10-2)5-12-7/h6-8H,4-5H2,1-3H3/t6?,7?,8-,9?/m1/s1. The van der Waals surface area contributed by atoms with Crippen LogP contribution in [0.5, 0.6) is 0 Å². The van der Waals surface area contributed by atoms with E-state index in [1.807, 2.05) is 6.92 Å². The Bertz CT molecular complexity index is 196. The predicted octanol–water partition coefficient (Wildman–Crippen LogP) is 0.204. The van der Waals surface area contributed by atoms with Crippen LogP contribution in [-0.4, -0.2) is 51.3 Å². The zero-order valence-corrected chi connectivity index (χ0v) is 8.28. The van der Waals surface area contributed by atoms with Crippen LogP contribution in [-0.2, 0) is 18.9 Å². The molecule has 76 valence electrons. The van der Waals surface area contributed by atoms with Crippen LogP contribution in [0.4, 0.5) is 0 Å². The third-order valence-corrected chi connectivity index (χ3v) is 2.86. The molecule has 0 aromatic rings. The lowest BCUT2D eigenvalue weighted by atomic mass is 10.00. The minimum atomic E-state index is -0.367. The van der Waals surface area contributed by atoms with Gasteiger partial charge in [-0.25, -0.2) is 0 Å². The molecular weight excluding hydrogens is 172 g/mol. The highest BCUT2D eigenvalue weighted by atomic mass is 16.7. The predicted molar refractivity (Wildman–Crippen MR) is 45.7 cm³/mol. The molecule has 0 aromatic heterocycles. The summed E-state index contributed by atoms with van der Waals surface area (Å²) in [5.74, 6) is 0. The van der Waals surface area contributed by atoms with Gasteiger partial charge in [0.25, 0.3) is 0 Å². The highest BCUT2D eigenvalue weighted by Gasteiger charge is 2.60. The molecule has 4 nitrogen and oxygen atoms in total. The number of methoxy groups -OCH3 is 2.